The average Bonchev–Trinajstić information content (AvgIpc) is 2.88. The summed E-state index contributed by atoms with van der Waals surface area (Å²) in [5.41, 5.74) is 8.06. The monoisotopic (exact) mass is 414 g/mol. The summed E-state index contributed by atoms with van der Waals surface area (Å²) in [4.78, 5) is 10.2. The predicted molar refractivity (Wildman–Crippen MR) is 131 cm³/mol. The number of hydrogen-bond acceptors (Lipinski definition) is 4. The highest BCUT2D eigenvalue weighted by Gasteiger charge is 2.33. The first-order chi connectivity index (χ1) is 15.9. The van der Waals surface area contributed by atoms with Crippen LogP contribution >= 0.6 is 0 Å². The average molecular weight is 415 g/mol. The summed E-state index contributed by atoms with van der Waals surface area (Å²) in [6, 6.07) is 37.2. The second-order valence-electron chi connectivity index (χ2n) is 8.01. The second kappa shape index (κ2) is 7.82. The van der Waals surface area contributed by atoms with E-state index in [1.165, 1.54) is 5.56 Å². The minimum Gasteiger partial charge on any atom is -0.374 e. The van der Waals surface area contributed by atoms with Gasteiger partial charge in [-0.05, 0) is 29.8 Å². The molecular formula is C28H22N4. The van der Waals surface area contributed by atoms with Crippen LogP contribution < -0.4 is 10.6 Å². The van der Waals surface area contributed by atoms with Gasteiger partial charge >= 0.3 is 0 Å². The van der Waals surface area contributed by atoms with Crippen LogP contribution in [0.2, 0.25) is 0 Å². The van der Waals surface area contributed by atoms with Crippen LogP contribution in [0.5, 0.6) is 0 Å². The Morgan fingerprint density at radius 2 is 1.03 bits per heavy atom. The summed E-state index contributed by atoms with van der Waals surface area (Å²) in [5.74, 6) is 0. The Kier molecular flexibility index (Phi) is 4.54. The highest BCUT2D eigenvalue weighted by Crippen LogP contribution is 2.43. The van der Waals surface area contributed by atoms with E-state index in [0.717, 1.165) is 39.4 Å². The van der Waals surface area contributed by atoms with Gasteiger partial charge in [-0.1, -0.05) is 84.9 Å². The van der Waals surface area contributed by atoms with Crippen molar-refractivity contribution in [2.75, 3.05) is 10.6 Å². The van der Waals surface area contributed by atoms with Crippen LogP contribution in [0.4, 0.5) is 11.4 Å². The van der Waals surface area contributed by atoms with Crippen molar-refractivity contribution in [3.8, 4) is 11.3 Å². The normalized spacial score (nSPS) is 17.2. The van der Waals surface area contributed by atoms with E-state index in [9.17, 15) is 0 Å². The van der Waals surface area contributed by atoms with Crippen molar-refractivity contribution >= 4 is 22.4 Å². The smallest absolute Gasteiger partial charge is 0.0953 e. The molecule has 0 saturated carbocycles. The summed E-state index contributed by atoms with van der Waals surface area (Å²) >= 11 is 0. The fraction of sp³-hybridized carbons (Fsp3) is 0.0714. The molecule has 0 radical (unpaired) electrons. The molecule has 1 aliphatic rings. The number of anilines is 2. The van der Waals surface area contributed by atoms with Gasteiger partial charge in [-0.15, -0.1) is 0 Å². The van der Waals surface area contributed by atoms with E-state index in [2.05, 4.69) is 71.3 Å². The van der Waals surface area contributed by atoms with Gasteiger partial charge in [0, 0.05) is 5.56 Å². The zero-order valence-corrected chi connectivity index (χ0v) is 17.4. The molecule has 0 bridgehead atoms. The maximum absolute atomic E-state index is 5.16. The number of rotatable bonds is 3. The van der Waals surface area contributed by atoms with Crippen LogP contribution in [0.15, 0.2) is 109 Å². The molecule has 32 heavy (non-hydrogen) atoms. The summed E-state index contributed by atoms with van der Waals surface area (Å²) in [5, 5.41) is 7.53. The quantitative estimate of drug-likeness (QED) is 0.348. The van der Waals surface area contributed by atoms with Gasteiger partial charge in [0.05, 0.1) is 45.9 Å². The molecular weight excluding hydrogens is 392 g/mol. The molecule has 154 valence electrons. The molecule has 0 spiro atoms. The van der Waals surface area contributed by atoms with Gasteiger partial charge in [0.25, 0.3) is 0 Å². The van der Waals surface area contributed by atoms with Gasteiger partial charge < -0.3 is 10.6 Å². The third-order valence-corrected chi connectivity index (χ3v) is 5.98. The van der Waals surface area contributed by atoms with Crippen LogP contribution in [0.1, 0.15) is 23.3 Å². The maximum atomic E-state index is 5.16. The van der Waals surface area contributed by atoms with Crippen molar-refractivity contribution < 1.29 is 0 Å². The predicted octanol–water partition coefficient (Wildman–Crippen LogP) is 6.62. The minimum absolute atomic E-state index is 0.00373. The lowest BCUT2D eigenvalue weighted by atomic mass is 9.91. The Balaban J connectivity index is 1.58. The number of benzene rings is 4. The largest absolute Gasteiger partial charge is 0.374 e. The van der Waals surface area contributed by atoms with Crippen molar-refractivity contribution in [2.45, 2.75) is 12.1 Å². The third kappa shape index (κ3) is 3.26. The van der Waals surface area contributed by atoms with Crippen molar-refractivity contribution in [2.24, 2.45) is 0 Å². The number of aromatic nitrogens is 2. The highest BCUT2D eigenvalue weighted by atomic mass is 15.1. The SMILES string of the molecule is c1ccc(-c2nc3ccccc3nc2[C@H]2Nc3ccccc3N[C@@H]2c2ccccc2)cc1. The molecule has 4 heteroatoms. The van der Waals surface area contributed by atoms with Crippen LogP contribution in [-0.2, 0) is 0 Å². The van der Waals surface area contributed by atoms with E-state index in [1.54, 1.807) is 0 Å². The Hall–Kier alpha value is -4.18. The van der Waals surface area contributed by atoms with E-state index < -0.39 is 0 Å². The first-order valence-electron chi connectivity index (χ1n) is 10.9. The fourth-order valence-electron chi connectivity index (χ4n) is 4.44. The Morgan fingerprint density at radius 1 is 0.500 bits per heavy atom. The van der Waals surface area contributed by atoms with Gasteiger partial charge in [-0.25, -0.2) is 9.97 Å². The number of fused-ring (bicyclic) bond motifs is 2. The lowest BCUT2D eigenvalue weighted by molar-refractivity contribution is 0.622. The lowest BCUT2D eigenvalue weighted by Crippen LogP contribution is -2.31. The second-order valence-corrected chi connectivity index (χ2v) is 8.01. The molecule has 0 unspecified atom stereocenters. The van der Waals surface area contributed by atoms with Gasteiger partial charge in [0.2, 0.25) is 0 Å². The first kappa shape index (κ1) is 18.6. The maximum Gasteiger partial charge on any atom is 0.0953 e. The van der Waals surface area contributed by atoms with Crippen LogP contribution in [0, 0.1) is 0 Å². The topological polar surface area (TPSA) is 49.8 Å². The molecule has 1 aromatic heterocycles. The zero-order valence-electron chi connectivity index (χ0n) is 17.4. The number of nitrogens with zero attached hydrogens (tertiary/aromatic N) is 2. The Morgan fingerprint density at radius 3 is 1.72 bits per heavy atom. The van der Waals surface area contributed by atoms with Crippen LogP contribution in [-0.4, -0.2) is 9.97 Å². The van der Waals surface area contributed by atoms with E-state index in [0.29, 0.717) is 0 Å². The Labute approximate surface area is 187 Å². The summed E-state index contributed by atoms with van der Waals surface area (Å²) in [6.07, 6.45) is 0. The zero-order chi connectivity index (χ0) is 21.3. The van der Waals surface area contributed by atoms with E-state index in [4.69, 9.17) is 9.97 Å². The molecule has 0 aliphatic carbocycles. The molecule has 5 aromatic rings. The van der Waals surface area contributed by atoms with Crippen molar-refractivity contribution in [1.29, 1.82) is 0 Å². The lowest BCUT2D eigenvalue weighted by Gasteiger charge is -2.37. The first-order valence-corrected chi connectivity index (χ1v) is 10.9. The third-order valence-electron chi connectivity index (χ3n) is 5.98. The molecule has 2 heterocycles. The number of hydrogen-bond donors (Lipinski definition) is 2. The number of nitrogens with one attached hydrogen (secondary N) is 2. The fourth-order valence-corrected chi connectivity index (χ4v) is 4.44. The van der Waals surface area contributed by atoms with Gasteiger partial charge in [-0.2, -0.15) is 0 Å². The van der Waals surface area contributed by atoms with Crippen LogP contribution in [0.25, 0.3) is 22.3 Å². The molecule has 4 aromatic carbocycles. The molecule has 0 amide bonds. The van der Waals surface area contributed by atoms with Gasteiger partial charge in [-0.3, -0.25) is 0 Å². The van der Waals surface area contributed by atoms with E-state index >= 15 is 0 Å². The molecule has 2 atom stereocenters. The summed E-state index contributed by atoms with van der Waals surface area (Å²) < 4.78 is 0. The van der Waals surface area contributed by atoms with Crippen molar-refractivity contribution in [3.63, 3.8) is 0 Å². The van der Waals surface area contributed by atoms with Crippen molar-refractivity contribution in [3.05, 3.63) is 120 Å². The molecule has 0 fully saturated rings. The van der Waals surface area contributed by atoms with Crippen LogP contribution in [0.3, 0.4) is 0 Å². The van der Waals surface area contributed by atoms with Crippen molar-refractivity contribution in [1.82, 2.24) is 9.97 Å². The molecule has 2 N–H and O–H groups in total. The molecule has 6 rings (SSSR count). The molecule has 1 aliphatic heterocycles. The van der Waals surface area contributed by atoms with Gasteiger partial charge in [0.15, 0.2) is 0 Å². The standard InChI is InChI=1S/C28H22N4/c1-3-11-19(12-4-1)25-27(31-23-17-9-7-15-21(23)29-25)28-26(20-13-5-2-6-14-20)30-22-16-8-10-18-24(22)32-28/h1-18,25,27,29,31H/t25-,27+/m1/s1. The minimum atomic E-state index is -0.0976. The summed E-state index contributed by atoms with van der Waals surface area (Å²) in [6.45, 7) is 0. The highest BCUT2D eigenvalue weighted by molar-refractivity contribution is 5.80. The Bertz CT molecular complexity index is 1380. The van der Waals surface area contributed by atoms with Gasteiger partial charge in [0.1, 0.15) is 0 Å². The van der Waals surface area contributed by atoms with E-state index in [-0.39, 0.29) is 12.1 Å². The summed E-state index contributed by atoms with van der Waals surface area (Å²) in [7, 11) is 0. The van der Waals surface area contributed by atoms with E-state index in [1.807, 2.05) is 48.5 Å². The molecule has 0 saturated heterocycles. The molecule has 4 nitrogen and oxygen atoms in total. The number of para-hydroxylation sites is 4.